The predicted molar refractivity (Wildman–Crippen MR) is 64.7 cm³/mol. The number of benzene rings is 1. The molecule has 0 aliphatic carbocycles. The average molecular weight is 206 g/mol. The topological polar surface area (TPSA) is 9.23 Å². The molecular formula is C12H18OSi. The molecule has 0 saturated heterocycles. The van der Waals surface area contributed by atoms with Crippen molar-refractivity contribution in [1.82, 2.24) is 0 Å². The molecule has 1 aromatic rings. The van der Waals surface area contributed by atoms with Crippen LogP contribution in [0.1, 0.15) is 19.4 Å². The second kappa shape index (κ2) is 6.57. The lowest BCUT2D eigenvalue weighted by molar-refractivity contribution is 0.350. The third-order valence-corrected chi connectivity index (χ3v) is 4.27. The van der Waals surface area contributed by atoms with Gasteiger partial charge in [0.15, 0.2) is 0 Å². The van der Waals surface area contributed by atoms with E-state index in [1.54, 1.807) is 0 Å². The molecule has 1 unspecified atom stereocenters. The van der Waals surface area contributed by atoms with Gasteiger partial charge in [0.05, 0.1) is 0 Å². The minimum absolute atomic E-state index is 0.837. The first-order valence-corrected chi connectivity index (χ1v) is 7.17. The Balaban J connectivity index is 2.53. The van der Waals surface area contributed by atoms with Crippen molar-refractivity contribution >= 4 is 15.1 Å². The van der Waals surface area contributed by atoms with Crippen LogP contribution in [0, 0.1) is 0 Å². The first kappa shape index (κ1) is 11.2. The van der Waals surface area contributed by atoms with E-state index in [4.69, 9.17) is 4.43 Å². The lowest BCUT2D eigenvalue weighted by Crippen LogP contribution is -2.13. The highest BCUT2D eigenvalue weighted by Crippen LogP contribution is 2.04. The summed E-state index contributed by atoms with van der Waals surface area (Å²) in [6, 6.07) is 11.5. The second-order valence-electron chi connectivity index (χ2n) is 3.17. The maximum atomic E-state index is 5.66. The van der Waals surface area contributed by atoms with E-state index in [-0.39, 0.29) is 0 Å². The van der Waals surface area contributed by atoms with Gasteiger partial charge in [0.1, 0.15) is 0 Å². The Morgan fingerprint density at radius 2 is 1.93 bits per heavy atom. The van der Waals surface area contributed by atoms with Gasteiger partial charge in [-0.3, -0.25) is 0 Å². The van der Waals surface area contributed by atoms with E-state index in [1.807, 2.05) is 6.07 Å². The molecule has 76 valence electrons. The van der Waals surface area contributed by atoms with Crippen molar-refractivity contribution in [2.24, 2.45) is 0 Å². The molecular weight excluding hydrogens is 188 g/mol. The van der Waals surface area contributed by atoms with Crippen LogP contribution in [0.3, 0.4) is 0 Å². The predicted octanol–water partition coefficient (Wildman–Crippen LogP) is 3.02. The smallest absolute Gasteiger partial charge is 0.200 e. The van der Waals surface area contributed by atoms with E-state index in [9.17, 15) is 0 Å². The van der Waals surface area contributed by atoms with Gasteiger partial charge in [0, 0.05) is 6.61 Å². The second-order valence-corrected chi connectivity index (χ2v) is 5.78. The van der Waals surface area contributed by atoms with Crippen molar-refractivity contribution in [2.75, 3.05) is 6.61 Å². The van der Waals surface area contributed by atoms with Crippen LogP contribution in [-0.4, -0.2) is 15.6 Å². The summed E-state index contributed by atoms with van der Waals surface area (Å²) in [4.78, 5) is 0. The van der Waals surface area contributed by atoms with E-state index in [0.29, 0.717) is 0 Å². The Morgan fingerprint density at radius 1 is 1.21 bits per heavy atom. The summed E-state index contributed by atoms with van der Waals surface area (Å²) in [5, 5.41) is 0. The Bertz CT molecular complexity index is 269. The molecule has 2 heteroatoms. The molecule has 0 bridgehead atoms. The van der Waals surface area contributed by atoms with E-state index in [2.05, 4.69) is 49.9 Å². The summed E-state index contributed by atoms with van der Waals surface area (Å²) in [5.41, 5.74) is 3.52. The van der Waals surface area contributed by atoms with Crippen molar-refractivity contribution in [1.29, 1.82) is 0 Å². The quantitative estimate of drug-likeness (QED) is 0.673. The van der Waals surface area contributed by atoms with Gasteiger partial charge in [-0.2, -0.15) is 0 Å². The van der Waals surface area contributed by atoms with Crippen molar-refractivity contribution in [3.05, 3.63) is 41.6 Å². The summed E-state index contributed by atoms with van der Waals surface area (Å²) in [6.45, 7) is 5.09. The lowest BCUT2D eigenvalue weighted by Gasteiger charge is -2.07. The van der Waals surface area contributed by atoms with Crippen LogP contribution < -0.4 is 0 Å². The minimum Gasteiger partial charge on any atom is -0.416 e. The molecule has 0 amide bonds. The van der Waals surface area contributed by atoms with Crippen LogP contribution in [0.25, 0.3) is 6.08 Å². The van der Waals surface area contributed by atoms with Crippen molar-refractivity contribution in [3.8, 4) is 0 Å². The first-order valence-electron chi connectivity index (χ1n) is 5.21. The molecule has 0 radical (unpaired) electrons. The Kier molecular flexibility index (Phi) is 5.26. The van der Waals surface area contributed by atoms with E-state index in [0.717, 1.165) is 12.7 Å². The summed E-state index contributed by atoms with van der Waals surface area (Å²) < 4.78 is 5.66. The summed E-state index contributed by atoms with van der Waals surface area (Å²) in [7, 11) is -1.06. The maximum absolute atomic E-state index is 5.66. The number of hydrogen-bond acceptors (Lipinski definition) is 1. The minimum atomic E-state index is -1.06. The lowest BCUT2D eigenvalue weighted by atomic mass is 10.2. The largest absolute Gasteiger partial charge is 0.416 e. The van der Waals surface area contributed by atoms with Gasteiger partial charge >= 0.3 is 0 Å². The van der Waals surface area contributed by atoms with Crippen LogP contribution in [0.2, 0.25) is 6.04 Å². The number of rotatable bonds is 5. The molecule has 0 N–H and O–H groups in total. The highest BCUT2D eigenvalue weighted by atomic mass is 28.3. The fourth-order valence-corrected chi connectivity index (χ4v) is 2.79. The highest BCUT2D eigenvalue weighted by molar-refractivity contribution is 6.58. The van der Waals surface area contributed by atoms with E-state index < -0.39 is 9.04 Å². The van der Waals surface area contributed by atoms with Crippen molar-refractivity contribution in [3.63, 3.8) is 0 Å². The zero-order chi connectivity index (χ0) is 10.2. The van der Waals surface area contributed by atoms with Crippen LogP contribution in [0.15, 0.2) is 36.0 Å². The summed E-state index contributed by atoms with van der Waals surface area (Å²) in [6.07, 6.45) is 2.18. The monoisotopic (exact) mass is 206 g/mol. The molecule has 1 atom stereocenters. The normalized spacial score (nSPS) is 13.3. The van der Waals surface area contributed by atoms with Crippen molar-refractivity contribution in [2.45, 2.75) is 19.9 Å². The molecule has 0 aliphatic heterocycles. The van der Waals surface area contributed by atoms with Crippen molar-refractivity contribution < 1.29 is 4.43 Å². The Morgan fingerprint density at radius 3 is 2.50 bits per heavy atom. The van der Waals surface area contributed by atoms with Gasteiger partial charge in [0.25, 0.3) is 0 Å². The summed E-state index contributed by atoms with van der Waals surface area (Å²) in [5.74, 6) is 0. The van der Waals surface area contributed by atoms with Gasteiger partial charge in [-0.15, -0.1) is 0 Å². The maximum Gasteiger partial charge on any atom is 0.200 e. The fraction of sp³-hybridized carbons (Fsp3) is 0.333. The molecule has 1 rings (SSSR count). The standard InChI is InChI=1S/C12H18OSi/c1-3-13-14(4-2)11-10-12-8-6-5-7-9-12/h5-11,14H,3-4H2,1-2H3. The number of hydrogen-bond donors (Lipinski definition) is 0. The van der Waals surface area contributed by atoms with E-state index in [1.165, 1.54) is 5.56 Å². The molecule has 0 aliphatic rings. The SMILES string of the molecule is CCO[SiH](C=Cc1ccccc1)CC. The zero-order valence-electron chi connectivity index (χ0n) is 8.94. The molecule has 14 heavy (non-hydrogen) atoms. The average Bonchev–Trinajstić information content (AvgIpc) is 2.25. The first-order chi connectivity index (χ1) is 6.86. The third-order valence-electron chi connectivity index (χ3n) is 2.09. The molecule has 0 aromatic heterocycles. The van der Waals surface area contributed by atoms with Crippen LogP contribution in [0.5, 0.6) is 0 Å². The highest BCUT2D eigenvalue weighted by Gasteiger charge is 2.01. The zero-order valence-corrected chi connectivity index (χ0v) is 10.1. The van der Waals surface area contributed by atoms with Gasteiger partial charge in [-0.25, -0.2) is 0 Å². The molecule has 0 saturated carbocycles. The Hall–Kier alpha value is -0.863. The van der Waals surface area contributed by atoms with Gasteiger partial charge in [-0.1, -0.05) is 49.0 Å². The summed E-state index contributed by atoms with van der Waals surface area (Å²) >= 11 is 0. The van der Waals surface area contributed by atoms with Crippen LogP contribution in [-0.2, 0) is 4.43 Å². The molecule has 1 aromatic carbocycles. The molecule has 0 fully saturated rings. The molecule has 0 heterocycles. The van der Waals surface area contributed by atoms with Crippen LogP contribution >= 0.6 is 0 Å². The van der Waals surface area contributed by atoms with Gasteiger partial charge in [-0.05, 0) is 18.5 Å². The molecule has 0 spiro atoms. The van der Waals surface area contributed by atoms with Gasteiger partial charge < -0.3 is 4.43 Å². The van der Waals surface area contributed by atoms with Crippen LogP contribution in [0.4, 0.5) is 0 Å². The van der Waals surface area contributed by atoms with Gasteiger partial charge in [0.2, 0.25) is 9.04 Å². The Labute approximate surface area is 88.1 Å². The van der Waals surface area contributed by atoms with E-state index >= 15 is 0 Å². The third kappa shape index (κ3) is 3.90. The fourth-order valence-electron chi connectivity index (χ4n) is 1.31. The molecule has 1 nitrogen and oxygen atoms in total.